The molecule has 2 aromatic carbocycles. The van der Waals surface area contributed by atoms with Crippen LogP contribution in [0.25, 0.3) is 0 Å². The van der Waals surface area contributed by atoms with Crippen LogP contribution in [-0.2, 0) is 30.3 Å². The molecule has 2 N–H and O–H groups in total. The predicted octanol–water partition coefficient (Wildman–Crippen LogP) is 5.96. The average Bonchev–Trinajstić information content (AvgIpc) is 2.90. The molecule has 0 aliphatic rings. The Kier molecular flexibility index (Phi) is 12.2. The Morgan fingerprint density at radius 2 is 1.41 bits per heavy atom. The number of amides is 3. The van der Waals surface area contributed by atoms with Gasteiger partial charge < -0.3 is 25.0 Å². The second-order valence-corrected chi connectivity index (χ2v) is 13.8. The molecule has 0 spiro atoms. The lowest BCUT2D eigenvalue weighted by molar-refractivity contribution is -0.159. The minimum atomic E-state index is -1.11. The molecule has 0 aromatic heterocycles. The van der Waals surface area contributed by atoms with Crippen molar-refractivity contribution >= 4 is 23.9 Å². The third kappa shape index (κ3) is 10.7. The maximum atomic E-state index is 14.5. The highest BCUT2D eigenvalue weighted by Crippen LogP contribution is 2.34. The highest BCUT2D eigenvalue weighted by molar-refractivity contribution is 5.93. The molecule has 2 rings (SSSR count). The monoisotopic (exact) mass is 609 g/mol. The fourth-order valence-corrected chi connectivity index (χ4v) is 4.68. The van der Waals surface area contributed by atoms with Crippen molar-refractivity contribution < 1.29 is 28.7 Å². The number of carbonyl (C=O) groups is 4. The average molecular weight is 610 g/mol. The minimum Gasteiger partial charge on any atom is -0.458 e. The molecule has 44 heavy (non-hydrogen) atoms. The molecular weight excluding hydrogens is 558 g/mol. The molecule has 0 saturated carbocycles. The Balaban J connectivity index is 2.61. The summed E-state index contributed by atoms with van der Waals surface area (Å²) in [6.07, 6.45) is -0.0215. The van der Waals surface area contributed by atoms with Gasteiger partial charge in [-0.15, -0.1) is 0 Å². The number of alkyl carbamates (subject to hydrolysis) is 1. The molecule has 0 fully saturated rings. The van der Waals surface area contributed by atoms with Crippen LogP contribution in [0.5, 0.6) is 0 Å². The molecule has 2 atom stereocenters. The standard InChI is InChI=1S/C35H51N3O6/c1-12-35(10,11)38(28(39)22-36-32(42)44-34(7,8)9)29(26-20-16-17-23(2)24(26)3)30(40)37-27(31(41)43-33(4,5)6)21-25-18-14-13-15-19-25/h13-20,27,29H,12,21-22H2,1-11H3,(H,36,42)(H,37,40). The van der Waals surface area contributed by atoms with Gasteiger partial charge in [-0.25, -0.2) is 9.59 Å². The van der Waals surface area contributed by atoms with Crippen LogP contribution in [0.2, 0.25) is 0 Å². The summed E-state index contributed by atoms with van der Waals surface area (Å²) in [5.74, 6) is -1.58. The number of ether oxygens (including phenoxy) is 2. The van der Waals surface area contributed by atoms with Crippen molar-refractivity contribution in [1.29, 1.82) is 0 Å². The molecule has 3 amide bonds. The van der Waals surface area contributed by atoms with Crippen molar-refractivity contribution in [3.63, 3.8) is 0 Å². The van der Waals surface area contributed by atoms with Crippen LogP contribution in [0.15, 0.2) is 48.5 Å². The SMILES string of the molecule is CCC(C)(C)N(C(=O)CNC(=O)OC(C)(C)C)C(C(=O)NC(Cc1ccccc1)C(=O)OC(C)(C)C)c1cccc(C)c1C. The van der Waals surface area contributed by atoms with Gasteiger partial charge in [0.25, 0.3) is 0 Å². The summed E-state index contributed by atoms with van der Waals surface area (Å²) in [6, 6.07) is 12.8. The van der Waals surface area contributed by atoms with Gasteiger partial charge in [0.05, 0.1) is 0 Å². The second kappa shape index (κ2) is 14.7. The Morgan fingerprint density at radius 1 is 0.818 bits per heavy atom. The van der Waals surface area contributed by atoms with Gasteiger partial charge in [-0.05, 0) is 97.9 Å². The van der Waals surface area contributed by atoms with Crippen molar-refractivity contribution in [1.82, 2.24) is 15.5 Å². The van der Waals surface area contributed by atoms with Crippen LogP contribution in [-0.4, -0.2) is 58.1 Å². The van der Waals surface area contributed by atoms with E-state index >= 15 is 0 Å². The predicted molar refractivity (Wildman–Crippen MR) is 172 cm³/mol. The van der Waals surface area contributed by atoms with Gasteiger partial charge in [0.15, 0.2) is 0 Å². The van der Waals surface area contributed by atoms with E-state index in [2.05, 4.69) is 10.6 Å². The molecule has 9 heteroatoms. The molecule has 0 saturated heterocycles. The van der Waals surface area contributed by atoms with Crippen LogP contribution >= 0.6 is 0 Å². The highest BCUT2D eigenvalue weighted by atomic mass is 16.6. The number of hydrogen-bond acceptors (Lipinski definition) is 6. The summed E-state index contributed by atoms with van der Waals surface area (Å²) in [7, 11) is 0. The Morgan fingerprint density at radius 3 is 1.95 bits per heavy atom. The van der Waals surface area contributed by atoms with E-state index in [1.807, 2.05) is 83.1 Å². The lowest BCUT2D eigenvalue weighted by atomic mass is 9.89. The van der Waals surface area contributed by atoms with E-state index < -0.39 is 52.7 Å². The van der Waals surface area contributed by atoms with E-state index in [4.69, 9.17) is 9.47 Å². The first kappa shape index (κ1) is 36.3. The summed E-state index contributed by atoms with van der Waals surface area (Å²) < 4.78 is 11.0. The second-order valence-electron chi connectivity index (χ2n) is 13.8. The summed E-state index contributed by atoms with van der Waals surface area (Å²) in [5.41, 5.74) is 0.921. The van der Waals surface area contributed by atoms with E-state index in [9.17, 15) is 19.2 Å². The molecule has 0 radical (unpaired) electrons. The van der Waals surface area contributed by atoms with Crippen LogP contribution in [0.4, 0.5) is 4.79 Å². The molecule has 2 unspecified atom stereocenters. The van der Waals surface area contributed by atoms with Gasteiger partial charge in [-0.1, -0.05) is 55.5 Å². The number of hydrogen-bond donors (Lipinski definition) is 2. The normalized spacial score (nSPS) is 13.3. The summed E-state index contributed by atoms with van der Waals surface area (Å²) in [6.45, 7) is 19.7. The maximum Gasteiger partial charge on any atom is 0.408 e. The number of carbonyl (C=O) groups excluding carboxylic acids is 4. The Labute approximate surface area is 263 Å². The molecule has 0 heterocycles. The molecule has 242 valence electrons. The minimum absolute atomic E-state index is 0.201. The van der Waals surface area contributed by atoms with Gasteiger partial charge in [0, 0.05) is 12.0 Å². The topological polar surface area (TPSA) is 114 Å². The number of rotatable bonds is 11. The van der Waals surface area contributed by atoms with Gasteiger partial charge in [0.2, 0.25) is 11.8 Å². The first-order valence-electron chi connectivity index (χ1n) is 15.2. The zero-order valence-electron chi connectivity index (χ0n) is 28.3. The fraction of sp³-hybridized carbons (Fsp3) is 0.543. The number of nitrogens with one attached hydrogen (secondary N) is 2. The molecular formula is C35H51N3O6. The Bertz CT molecular complexity index is 1310. The van der Waals surface area contributed by atoms with E-state index in [0.717, 1.165) is 16.7 Å². The lowest BCUT2D eigenvalue weighted by Gasteiger charge is -2.44. The van der Waals surface area contributed by atoms with E-state index in [1.165, 1.54) is 4.90 Å². The van der Waals surface area contributed by atoms with Crippen molar-refractivity contribution in [2.75, 3.05) is 6.54 Å². The highest BCUT2D eigenvalue weighted by Gasteiger charge is 2.42. The smallest absolute Gasteiger partial charge is 0.408 e. The number of esters is 1. The van der Waals surface area contributed by atoms with Crippen molar-refractivity contribution in [3.8, 4) is 0 Å². The number of aryl methyl sites for hydroxylation is 1. The summed E-state index contributed by atoms with van der Waals surface area (Å²) in [4.78, 5) is 55.9. The molecule has 2 aromatic rings. The van der Waals surface area contributed by atoms with E-state index in [-0.39, 0.29) is 13.0 Å². The van der Waals surface area contributed by atoms with Crippen LogP contribution < -0.4 is 10.6 Å². The van der Waals surface area contributed by atoms with Gasteiger partial charge in [0.1, 0.15) is 29.8 Å². The van der Waals surface area contributed by atoms with Crippen LogP contribution in [0.3, 0.4) is 0 Å². The van der Waals surface area contributed by atoms with Gasteiger partial charge in [-0.3, -0.25) is 9.59 Å². The lowest BCUT2D eigenvalue weighted by Crippen LogP contribution is -2.58. The van der Waals surface area contributed by atoms with E-state index in [1.54, 1.807) is 41.5 Å². The quantitative estimate of drug-likeness (QED) is 0.304. The third-order valence-electron chi connectivity index (χ3n) is 7.31. The Hall–Kier alpha value is -3.88. The molecule has 0 bridgehead atoms. The largest absolute Gasteiger partial charge is 0.458 e. The van der Waals surface area contributed by atoms with Gasteiger partial charge >= 0.3 is 12.1 Å². The third-order valence-corrected chi connectivity index (χ3v) is 7.31. The summed E-state index contributed by atoms with van der Waals surface area (Å²) >= 11 is 0. The first-order valence-corrected chi connectivity index (χ1v) is 15.2. The van der Waals surface area contributed by atoms with Crippen LogP contribution in [0, 0.1) is 13.8 Å². The van der Waals surface area contributed by atoms with Crippen molar-refractivity contribution in [2.24, 2.45) is 0 Å². The fourth-order valence-electron chi connectivity index (χ4n) is 4.68. The number of nitrogens with zero attached hydrogens (tertiary/aromatic N) is 1. The van der Waals surface area contributed by atoms with Crippen molar-refractivity contribution in [2.45, 2.75) is 118 Å². The summed E-state index contributed by atoms with van der Waals surface area (Å²) in [5, 5.41) is 5.49. The van der Waals surface area contributed by atoms with E-state index in [0.29, 0.717) is 12.0 Å². The maximum absolute atomic E-state index is 14.5. The zero-order valence-corrected chi connectivity index (χ0v) is 28.3. The molecule has 9 nitrogen and oxygen atoms in total. The first-order chi connectivity index (χ1) is 20.3. The van der Waals surface area contributed by atoms with Gasteiger partial charge in [-0.2, -0.15) is 0 Å². The molecule has 0 aliphatic carbocycles. The van der Waals surface area contributed by atoms with Crippen molar-refractivity contribution in [3.05, 3.63) is 70.8 Å². The van der Waals surface area contributed by atoms with Crippen LogP contribution in [0.1, 0.15) is 97.0 Å². The zero-order chi connectivity index (χ0) is 33.5. The molecule has 0 aliphatic heterocycles. The number of benzene rings is 2.